The summed E-state index contributed by atoms with van der Waals surface area (Å²) in [4.78, 5) is 14.3. The van der Waals surface area contributed by atoms with Crippen LogP contribution in [-0.2, 0) is 13.1 Å². The Bertz CT molecular complexity index is 660. The second kappa shape index (κ2) is 8.28. The molecule has 128 valence electrons. The minimum atomic E-state index is -0.197. The van der Waals surface area contributed by atoms with Gasteiger partial charge in [-0.25, -0.2) is 4.79 Å². The van der Waals surface area contributed by atoms with Crippen molar-refractivity contribution in [3.8, 4) is 0 Å². The van der Waals surface area contributed by atoms with Crippen molar-refractivity contribution in [2.24, 2.45) is 0 Å². The Balaban J connectivity index is 1.58. The molecule has 1 aliphatic rings. The first kappa shape index (κ1) is 17.0. The molecule has 0 aliphatic carbocycles. The second-order valence-corrected chi connectivity index (χ2v) is 6.82. The van der Waals surface area contributed by atoms with Crippen LogP contribution in [0, 0.1) is 0 Å². The zero-order valence-corrected chi connectivity index (χ0v) is 14.4. The third kappa shape index (κ3) is 4.35. The number of hydrogen-bond acceptors (Lipinski definition) is 4. The molecule has 1 aromatic carbocycles. The molecule has 1 atom stereocenters. The lowest BCUT2D eigenvalue weighted by Gasteiger charge is -2.24. The lowest BCUT2D eigenvalue weighted by molar-refractivity contribution is 0.153. The number of nitrogens with one attached hydrogen (secondary N) is 2. The summed E-state index contributed by atoms with van der Waals surface area (Å²) in [5.74, 6) is 0. The van der Waals surface area contributed by atoms with Crippen LogP contribution in [0.3, 0.4) is 0 Å². The number of aliphatic hydroxyl groups excluding tert-OH is 1. The third-order valence-electron chi connectivity index (χ3n) is 4.42. The van der Waals surface area contributed by atoms with Crippen molar-refractivity contribution in [3.05, 3.63) is 52.2 Å². The van der Waals surface area contributed by atoms with Crippen molar-refractivity contribution in [1.82, 2.24) is 10.2 Å². The quantitative estimate of drug-likeness (QED) is 0.754. The van der Waals surface area contributed by atoms with Gasteiger partial charge >= 0.3 is 6.03 Å². The number of amides is 2. The highest BCUT2D eigenvalue weighted by atomic mass is 32.1. The molecular formula is C18H23N3O2S. The Kier molecular flexibility index (Phi) is 5.85. The largest absolute Gasteiger partial charge is 0.395 e. The van der Waals surface area contributed by atoms with E-state index in [1.165, 1.54) is 5.56 Å². The van der Waals surface area contributed by atoms with Crippen LogP contribution >= 0.6 is 11.3 Å². The summed E-state index contributed by atoms with van der Waals surface area (Å²) in [6, 6.07) is 10.1. The average molecular weight is 345 g/mol. The molecule has 3 N–H and O–H groups in total. The van der Waals surface area contributed by atoms with Crippen molar-refractivity contribution in [3.63, 3.8) is 0 Å². The molecule has 24 heavy (non-hydrogen) atoms. The fraction of sp³-hybridized carbons (Fsp3) is 0.389. The Morgan fingerprint density at radius 2 is 2.12 bits per heavy atom. The summed E-state index contributed by atoms with van der Waals surface area (Å²) in [5.41, 5.74) is 3.13. The van der Waals surface area contributed by atoms with Crippen LogP contribution in [0.25, 0.3) is 0 Å². The maximum absolute atomic E-state index is 12.0. The number of hydrogen-bond donors (Lipinski definition) is 3. The SMILES string of the molecule is O=C(NCc1ccccc1CN1CCCC1CO)Nc1ccsc1. The van der Waals surface area contributed by atoms with Crippen molar-refractivity contribution < 1.29 is 9.90 Å². The highest BCUT2D eigenvalue weighted by Gasteiger charge is 2.24. The number of anilines is 1. The second-order valence-electron chi connectivity index (χ2n) is 6.04. The Hall–Kier alpha value is -1.89. The number of urea groups is 1. The third-order valence-corrected chi connectivity index (χ3v) is 5.10. The predicted molar refractivity (Wildman–Crippen MR) is 97.1 cm³/mol. The number of aliphatic hydroxyl groups is 1. The van der Waals surface area contributed by atoms with Gasteiger partial charge in [0.05, 0.1) is 12.3 Å². The molecule has 1 aromatic heterocycles. The number of carbonyl (C=O) groups excluding carboxylic acids is 1. The van der Waals surface area contributed by atoms with Gasteiger partial charge in [-0.2, -0.15) is 11.3 Å². The number of thiophene rings is 1. The molecule has 0 radical (unpaired) electrons. The monoisotopic (exact) mass is 345 g/mol. The maximum Gasteiger partial charge on any atom is 0.319 e. The average Bonchev–Trinajstić information content (AvgIpc) is 3.25. The first-order valence-electron chi connectivity index (χ1n) is 8.25. The van der Waals surface area contributed by atoms with E-state index in [0.29, 0.717) is 6.54 Å². The lowest BCUT2D eigenvalue weighted by atomic mass is 10.1. The van der Waals surface area contributed by atoms with Crippen LogP contribution in [0.15, 0.2) is 41.1 Å². The summed E-state index contributed by atoms with van der Waals surface area (Å²) in [5, 5.41) is 19.0. The standard InChI is InChI=1S/C18H23N3O2S/c22-12-17-6-3-8-21(17)11-15-5-2-1-4-14(15)10-19-18(23)20-16-7-9-24-13-16/h1-2,4-5,7,9,13,17,22H,3,6,8,10-12H2,(H2,19,20,23). The molecule has 1 aliphatic heterocycles. The first-order chi connectivity index (χ1) is 11.8. The van der Waals surface area contributed by atoms with Crippen molar-refractivity contribution in [2.45, 2.75) is 32.0 Å². The number of likely N-dealkylation sites (tertiary alicyclic amines) is 1. The Morgan fingerprint density at radius 1 is 1.29 bits per heavy atom. The molecule has 0 spiro atoms. The summed E-state index contributed by atoms with van der Waals surface area (Å²) in [6.45, 7) is 2.54. The molecule has 2 heterocycles. The maximum atomic E-state index is 12.0. The van der Waals surface area contributed by atoms with Crippen LogP contribution in [0.1, 0.15) is 24.0 Å². The van der Waals surface area contributed by atoms with Crippen molar-refractivity contribution >= 4 is 23.1 Å². The topological polar surface area (TPSA) is 64.6 Å². The summed E-state index contributed by atoms with van der Waals surface area (Å²) in [7, 11) is 0. The molecule has 0 saturated carbocycles. The first-order valence-corrected chi connectivity index (χ1v) is 9.19. The number of benzene rings is 1. The van der Waals surface area contributed by atoms with Crippen LogP contribution in [-0.4, -0.2) is 35.2 Å². The van der Waals surface area contributed by atoms with E-state index in [4.69, 9.17) is 0 Å². The Morgan fingerprint density at radius 3 is 2.88 bits per heavy atom. The van der Waals surface area contributed by atoms with E-state index in [9.17, 15) is 9.90 Å². The van der Waals surface area contributed by atoms with E-state index in [-0.39, 0.29) is 18.7 Å². The van der Waals surface area contributed by atoms with Crippen LogP contribution in [0.2, 0.25) is 0 Å². The van der Waals surface area contributed by atoms with Gasteiger partial charge in [0.25, 0.3) is 0 Å². The van der Waals surface area contributed by atoms with E-state index >= 15 is 0 Å². The smallest absolute Gasteiger partial charge is 0.319 e. The highest BCUT2D eigenvalue weighted by molar-refractivity contribution is 7.08. The summed E-state index contributed by atoms with van der Waals surface area (Å²) >= 11 is 1.55. The fourth-order valence-corrected chi connectivity index (χ4v) is 3.69. The van der Waals surface area contributed by atoms with Gasteiger partial charge < -0.3 is 15.7 Å². The van der Waals surface area contributed by atoms with Gasteiger partial charge in [0.1, 0.15) is 0 Å². The van der Waals surface area contributed by atoms with Gasteiger partial charge in [-0.1, -0.05) is 24.3 Å². The van der Waals surface area contributed by atoms with Crippen molar-refractivity contribution in [1.29, 1.82) is 0 Å². The van der Waals surface area contributed by atoms with E-state index in [1.807, 2.05) is 35.0 Å². The number of rotatable bonds is 6. The molecule has 5 nitrogen and oxygen atoms in total. The molecule has 0 bridgehead atoms. The molecule has 6 heteroatoms. The molecule has 2 amide bonds. The molecule has 3 rings (SSSR count). The number of carbonyl (C=O) groups is 1. The molecular weight excluding hydrogens is 322 g/mol. The minimum absolute atomic E-state index is 0.197. The van der Waals surface area contributed by atoms with E-state index < -0.39 is 0 Å². The van der Waals surface area contributed by atoms with E-state index in [2.05, 4.69) is 21.6 Å². The molecule has 1 unspecified atom stereocenters. The predicted octanol–water partition coefficient (Wildman–Crippen LogP) is 3.03. The molecule has 1 fully saturated rings. The zero-order chi connectivity index (χ0) is 16.8. The van der Waals surface area contributed by atoms with Crippen LogP contribution < -0.4 is 10.6 Å². The van der Waals surface area contributed by atoms with Gasteiger partial charge in [0.15, 0.2) is 0 Å². The molecule has 1 saturated heterocycles. The van der Waals surface area contributed by atoms with Gasteiger partial charge in [-0.15, -0.1) is 0 Å². The number of nitrogens with zero attached hydrogens (tertiary/aromatic N) is 1. The van der Waals surface area contributed by atoms with Gasteiger partial charge in [0, 0.05) is 24.5 Å². The lowest BCUT2D eigenvalue weighted by Crippen LogP contribution is -2.32. The van der Waals surface area contributed by atoms with E-state index in [1.54, 1.807) is 11.3 Å². The zero-order valence-electron chi connectivity index (χ0n) is 13.6. The molecule has 2 aromatic rings. The van der Waals surface area contributed by atoms with Crippen molar-refractivity contribution in [2.75, 3.05) is 18.5 Å². The van der Waals surface area contributed by atoms with Gasteiger partial charge in [0.2, 0.25) is 0 Å². The van der Waals surface area contributed by atoms with Gasteiger partial charge in [-0.05, 0) is 42.0 Å². The Labute approximate surface area is 146 Å². The van der Waals surface area contributed by atoms with Crippen LogP contribution in [0.5, 0.6) is 0 Å². The summed E-state index contributed by atoms with van der Waals surface area (Å²) in [6.07, 6.45) is 2.19. The van der Waals surface area contributed by atoms with Crippen LogP contribution in [0.4, 0.5) is 10.5 Å². The minimum Gasteiger partial charge on any atom is -0.395 e. The fourth-order valence-electron chi connectivity index (χ4n) is 3.10. The summed E-state index contributed by atoms with van der Waals surface area (Å²) < 4.78 is 0. The van der Waals surface area contributed by atoms with E-state index in [0.717, 1.165) is 37.2 Å². The highest BCUT2D eigenvalue weighted by Crippen LogP contribution is 2.21. The normalized spacial score (nSPS) is 17.8. The van der Waals surface area contributed by atoms with Gasteiger partial charge in [-0.3, -0.25) is 4.90 Å².